The van der Waals surface area contributed by atoms with E-state index in [1.807, 2.05) is 6.07 Å². The van der Waals surface area contributed by atoms with E-state index in [2.05, 4.69) is 60.4 Å². The number of hydrogen-bond acceptors (Lipinski definition) is 2. The van der Waals surface area contributed by atoms with Gasteiger partial charge >= 0.3 is 0 Å². The van der Waals surface area contributed by atoms with E-state index in [9.17, 15) is 0 Å². The van der Waals surface area contributed by atoms with Crippen LogP contribution >= 0.6 is 0 Å². The molecule has 1 aliphatic rings. The molecule has 0 aliphatic carbocycles. The summed E-state index contributed by atoms with van der Waals surface area (Å²) in [5.41, 5.74) is 5.46. The van der Waals surface area contributed by atoms with Crippen LogP contribution in [0.25, 0.3) is 5.57 Å². The molecule has 2 aromatic rings. The van der Waals surface area contributed by atoms with Crippen molar-refractivity contribution in [2.24, 2.45) is 0 Å². The van der Waals surface area contributed by atoms with Crippen LogP contribution in [0.1, 0.15) is 24.5 Å². The lowest BCUT2D eigenvalue weighted by atomic mass is 9.98. The molecule has 2 heteroatoms. The molecule has 22 heavy (non-hydrogen) atoms. The van der Waals surface area contributed by atoms with Gasteiger partial charge in [0, 0.05) is 24.8 Å². The largest absolute Gasteiger partial charge is 0.497 e. The summed E-state index contributed by atoms with van der Waals surface area (Å²) in [4.78, 5) is 2.40. The molecule has 0 saturated heterocycles. The fraction of sp³-hybridized carbons (Fsp3) is 0.300. The Morgan fingerprint density at radius 1 is 1.09 bits per heavy atom. The van der Waals surface area contributed by atoms with E-state index < -0.39 is 0 Å². The predicted molar refractivity (Wildman–Crippen MR) is 93.6 cm³/mol. The molecular formula is C20H23NO. The van der Waals surface area contributed by atoms with Gasteiger partial charge in [0.1, 0.15) is 5.75 Å². The Bertz CT molecular complexity index is 658. The summed E-state index contributed by atoms with van der Waals surface area (Å²) in [5, 5.41) is 0. The Labute approximate surface area is 133 Å². The molecule has 2 nitrogen and oxygen atoms in total. The summed E-state index contributed by atoms with van der Waals surface area (Å²) < 4.78 is 5.32. The molecule has 0 bridgehead atoms. The minimum absolute atomic E-state index is 0.919. The Balaban J connectivity index is 1.73. The van der Waals surface area contributed by atoms with Crippen LogP contribution in [-0.2, 0) is 6.42 Å². The van der Waals surface area contributed by atoms with Crippen LogP contribution < -0.4 is 9.64 Å². The van der Waals surface area contributed by atoms with Gasteiger partial charge < -0.3 is 9.64 Å². The number of rotatable bonds is 4. The van der Waals surface area contributed by atoms with E-state index in [1.165, 1.54) is 22.4 Å². The third-order valence-corrected chi connectivity index (χ3v) is 4.36. The van der Waals surface area contributed by atoms with Crippen LogP contribution in [0.5, 0.6) is 5.75 Å². The van der Waals surface area contributed by atoms with Crippen molar-refractivity contribution in [1.29, 1.82) is 0 Å². The molecule has 0 aromatic heterocycles. The molecule has 0 unspecified atom stereocenters. The average molecular weight is 293 g/mol. The monoisotopic (exact) mass is 293 g/mol. The van der Waals surface area contributed by atoms with Crippen LogP contribution in [0.15, 0.2) is 54.6 Å². The fourth-order valence-electron chi connectivity index (χ4n) is 2.93. The topological polar surface area (TPSA) is 12.5 Å². The number of anilines is 1. The van der Waals surface area contributed by atoms with Gasteiger partial charge in [-0.1, -0.05) is 43.3 Å². The molecule has 0 N–H and O–H groups in total. The lowest BCUT2D eigenvalue weighted by molar-refractivity contribution is 0.415. The first-order valence-electron chi connectivity index (χ1n) is 7.97. The Kier molecular flexibility index (Phi) is 4.47. The highest BCUT2D eigenvalue weighted by molar-refractivity contribution is 5.69. The van der Waals surface area contributed by atoms with Gasteiger partial charge in [0.05, 0.1) is 7.11 Å². The molecule has 2 aromatic carbocycles. The van der Waals surface area contributed by atoms with Gasteiger partial charge in [-0.15, -0.1) is 0 Å². The molecule has 1 heterocycles. The van der Waals surface area contributed by atoms with Crippen molar-refractivity contribution in [2.45, 2.75) is 19.8 Å². The SMILES string of the molecule is CCc1ccc(C2=CCN(c3cccc(OC)c3)CC2)cc1. The minimum Gasteiger partial charge on any atom is -0.497 e. The van der Waals surface area contributed by atoms with Crippen molar-refractivity contribution in [3.8, 4) is 5.75 Å². The van der Waals surface area contributed by atoms with Crippen molar-refractivity contribution in [3.63, 3.8) is 0 Å². The van der Waals surface area contributed by atoms with Gasteiger partial charge in [0.25, 0.3) is 0 Å². The normalized spacial score (nSPS) is 14.6. The number of methoxy groups -OCH3 is 1. The maximum Gasteiger partial charge on any atom is 0.120 e. The first-order valence-corrected chi connectivity index (χ1v) is 7.97. The third-order valence-electron chi connectivity index (χ3n) is 4.36. The van der Waals surface area contributed by atoms with E-state index in [0.29, 0.717) is 0 Å². The van der Waals surface area contributed by atoms with Gasteiger partial charge in [0.15, 0.2) is 0 Å². The summed E-state index contributed by atoms with van der Waals surface area (Å²) in [6.45, 7) is 4.20. The first kappa shape index (κ1) is 14.7. The van der Waals surface area contributed by atoms with Gasteiger partial charge in [-0.25, -0.2) is 0 Å². The Morgan fingerprint density at radius 3 is 2.55 bits per heavy atom. The number of hydrogen-bond donors (Lipinski definition) is 0. The van der Waals surface area contributed by atoms with Crippen molar-refractivity contribution in [3.05, 3.63) is 65.7 Å². The maximum atomic E-state index is 5.32. The fourth-order valence-corrected chi connectivity index (χ4v) is 2.93. The molecule has 3 rings (SSSR count). The summed E-state index contributed by atoms with van der Waals surface area (Å²) >= 11 is 0. The second kappa shape index (κ2) is 6.69. The van der Waals surface area contributed by atoms with E-state index in [-0.39, 0.29) is 0 Å². The van der Waals surface area contributed by atoms with Crippen LogP contribution in [0, 0.1) is 0 Å². The summed E-state index contributed by atoms with van der Waals surface area (Å²) in [5.74, 6) is 0.919. The Morgan fingerprint density at radius 2 is 1.91 bits per heavy atom. The number of ether oxygens (including phenoxy) is 1. The molecule has 0 radical (unpaired) electrons. The highest BCUT2D eigenvalue weighted by atomic mass is 16.5. The molecule has 0 spiro atoms. The zero-order valence-electron chi connectivity index (χ0n) is 13.4. The van der Waals surface area contributed by atoms with E-state index >= 15 is 0 Å². The maximum absolute atomic E-state index is 5.32. The lowest BCUT2D eigenvalue weighted by Gasteiger charge is -2.29. The van der Waals surface area contributed by atoms with E-state index in [0.717, 1.165) is 31.7 Å². The summed E-state index contributed by atoms with van der Waals surface area (Å²) in [6.07, 6.45) is 4.54. The van der Waals surface area contributed by atoms with Crippen LogP contribution in [0.3, 0.4) is 0 Å². The third kappa shape index (κ3) is 3.16. The summed E-state index contributed by atoms with van der Waals surface area (Å²) in [7, 11) is 1.72. The zero-order chi connectivity index (χ0) is 15.4. The van der Waals surface area contributed by atoms with E-state index in [1.54, 1.807) is 7.11 Å². The molecule has 0 fully saturated rings. The van der Waals surface area contributed by atoms with Gasteiger partial charge in [-0.05, 0) is 41.7 Å². The summed E-state index contributed by atoms with van der Waals surface area (Å²) in [6, 6.07) is 17.3. The number of benzene rings is 2. The second-order valence-corrected chi connectivity index (χ2v) is 5.68. The molecular weight excluding hydrogens is 270 g/mol. The first-order chi connectivity index (χ1) is 10.8. The highest BCUT2D eigenvalue weighted by Gasteiger charge is 2.13. The van der Waals surface area contributed by atoms with Crippen molar-refractivity contribution < 1.29 is 4.74 Å². The number of aryl methyl sites for hydroxylation is 1. The Hall–Kier alpha value is -2.22. The van der Waals surface area contributed by atoms with Crippen molar-refractivity contribution in [2.75, 3.05) is 25.1 Å². The van der Waals surface area contributed by atoms with Crippen LogP contribution in [0.4, 0.5) is 5.69 Å². The van der Waals surface area contributed by atoms with Crippen LogP contribution in [0.2, 0.25) is 0 Å². The van der Waals surface area contributed by atoms with Crippen LogP contribution in [-0.4, -0.2) is 20.2 Å². The molecule has 1 aliphatic heterocycles. The standard InChI is InChI=1S/C20H23NO/c1-3-16-7-9-17(10-8-16)18-11-13-21(14-12-18)19-5-4-6-20(15-19)22-2/h4-11,15H,3,12-14H2,1-2H3. The second-order valence-electron chi connectivity index (χ2n) is 5.68. The predicted octanol–water partition coefficient (Wildman–Crippen LogP) is 4.55. The van der Waals surface area contributed by atoms with Crippen molar-refractivity contribution in [1.82, 2.24) is 0 Å². The molecule has 0 saturated carbocycles. The quantitative estimate of drug-likeness (QED) is 0.820. The van der Waals surface area contributed by atoms with E-state index in [4.69, 9.17) is 4.74 Å². The highest BCUT2D eigenvalue weighted by Crippen LogP contribution is 2.27. The van der Waals surface area contributed by atoms with Gasteiger partial charge in [-0.2, -0.15) is 0 Å². The molecule has 0 atom stereocenters. The average Bonchev–Trinajstić information content (AvgIpc) is 2.62. The lowest BCUT2D eigenvalue weighted by Crippen LogP contribution is -2.28. The molecule has 0 amide bonds. The van der Waals surface area contributed by atoms with Gasteiger partial charge in [-0.3, -0.25) is 0 Å². The molecule has 114 valence electrons. The minimum atomic E-state index is 0.919. The zero-order valence-corrected chi connectivity index (χ0v) is 13.4. The smallest absolute Gasteiger partial charge is 0.120 e. The van der Waals surface area contributed by atoms with Crippen molar-refractivity contribution >= 4 is 11.3 Å². The van der Waals surface area contributed by atoms with Gasteiger partial charge in [0.2, 0.25) is 0 Å². The number of nitrogens with zero attached hydrogens (tertiary/aromatic N) is 1.